The van der Waals surface area contributed by atoms with E-state index in [1.165, 1.54) is 11.1 Å². The van der Waals surface area contributed by atoms with E-state index < -0.39 is 12.0 Å². The van der Waals surface area contributed by atoms with Crippen LogP contribution in [0.5, 0.6) is 0 Å². The Morgan fingerprint density at radius 3 is 1.90 bits per heavy atom. The van der Waals surface area contributed by atoms with Crippen LogP contribution in [0, 0.1) is 0 Å². The second-order valence-corrected chi connectivity index (χ2v) is 5.24. The predicted octanol–water partition coefficient (Wildman–Crippen LogP) is 2.33. The first-order valence-electron chi connectivity index (χ1n) is 6.82. The number of benzene rings is 2. The number of rotatable bonds is 2. The highest BCUT2D eigenvalue weighted by Crippen LogP contribution is 2.35. The number of hydrogen-bond donors (Lipinski definition) is 2. The van der Waals surface area contributed by atoms with Crippen LogP contribution in [0.2, 0.25) is 0 Å². The first kappa shape index (κ1) is 12.9. The van der Waals surface area contributed by atoms with Gasteiger partial charge in [-0.05, 0) is 35.1 Å². The molecular weight excluding hydrogens is 250 g/mol. The molecule has 1 aliphatic rings. The van der Waals surface area contributed by atoms with Gasteiger partial charge in [0.05, 0.1) is 0 Å². The first-order chi connectivity index (χ1) is 9.68. The Kier molecular flexibility index (Phi) is 3.28. The molecule has 0 aliphatic heterocycles. The highest BCUT2D eigenvalue weighted by molar-refractivity contribution is 5.76. The molecule has 3 rings (SSSR count). The van der Waals surface area contributed by atoms with Gasteiger partial charge in [-0.15, -0.1) is 0 Å². The second kappa shape index (κ2) is 5.10. The van der Waals surface area contributed by atoms with Crippen molar-refractivity contribution in [2.75, 3.05) is 0 Å². The lowest BCUT2D eigenvalue weighted by Crippen LogP contribution is -2.37. The van der Waals surface area contributed by atoms with Gasteiger partial charge in [-0.2, -0.15) is 0 Å². The fourth-order valence-corrected chi connectivity index (χ4v) is 3.10. The van der Waals surface area contributed by atoms with Gasteiger partial charge in [-0.3, -0.25) is 4.79 Å². The molecule has 3 nitrogen and oxygen atoms in total. The molecule has 0 unspecified atom stereocenters. The van der Waals surface area contributed by atoms with E-state index in [1.807, 2.05) is 36.4 Å². The van der Waals surface area contributed by atoms with E-state index in [1.54, 1.807) is 0 Å². The van der Waals surface area contributed by atoms with Crippen molar-refractivity contribution in [3.05, 3.63) is 70.8 Å². The maximum Gasteiger partial charge on any atom is 0.321 e. The van der Waals surface area contributed by atoms with Crippen molar-refractivity contribution in [1.82, 2.24) is 0 Å². The van der Waals surface area contributed by atoms with Gasteiger partial charge in [0, 0.05) is 5.92 Å². The first-order valence-corrected chi connectivity index (χ1v) is 6.82. The molecule has 0 radical (unpaired) electrons. The Morgan fingerprint density at radius 2 is 1.45 bits per heavy atom. The van der Waals surface area contributed by atoms with E-state index in [0.29, 0.717) is 0 Å². The molecule has 0 spiro atoms. The largest absolute Gasteiger partial charge is 0.480 e. The van der Waals surface area contributed by atoms with Gasteiger partial charge < -0.3 is 10.8 Å². The fraction of sp³-hybridized carbons (Fsp3) is 0.235. The van der Waals surface area contributed by atoms with Gasteiger partial charge in [-0.25, -0.2) is 0 Å². The molecule has 2 aromatic rings. The summed E-state index contributed by atoms with van der Waals surface area (Å²) in [5.41, 5.74) is 10.5. The Labute approximate surface area is 118 Å². The topological polar surface area (TPSA) is 63.3 Å². The summed E-state index contributed by atoms with van der Waals surface area (Å²) < 4.78 is 0. The van der Waals surface area contributed by atoms with Crippen LogP contribution in [-0.2, 0) is 17.6 Å². The minimum absolute atomic E-state index is 0.276. The smallest absolute Gasteiger partial charge is 0.321 e. The summed E-state index contributed by atoms with van der Waals surface area (Å²) in [5.74, 6) is -1.23. The Bertz CT molecular complexity index is 603. The number of fused-ring (bicyclic) bond motifs is 2. The van der Waals surface area contributed by atoms with Crippen molar-refractivity contribution < 1.29 is 9.90 Å². The molecule has 0 amide bonds. The monoisotopic (exact) mass is 267 g/mol. The van der Waals surface area contributed by atoms with Crippen LogP contribution in [0.4, 0.5) is 0 Å². The molecule has 1 atom stereocenters. The number of carbonyl (C=O) groups is 1. The van der Waals surface area contributed by atoms with E-state index in [9.17, 15) is 9.90 Å². The van der Waals surface area contributed by atoms with Crippen LogP contribution in [0.1, 0.15) is 28.2 Å². The van der Waals surface area contributed by atoms with E-state index >= 15 is 0 Å². The summed E-state index contributed by atoms with van der Waals surface area (Å²) in [5, 5.41) is 9.35. The molecule has 0 saturated carbocycles. The summed E-state index contributed by atoms with van der Waals surface area (Å²) in [6.07, 6.45) is 1.85. The lowest BCUT2D eigenvalue weighted by Gasteiger charge is -2.23. The SMILES string of the molecule is N[C@@H](C(=O)O)C1c2ccccc2CCc2ccccc21. The predicted molar refractivity (Wildman–Crippen MR) is 77.7 cm³/mol. The van der Waals surface area contributed by atoms with Crippen molar-refractivity contribution >= 4 is 5.97 Å². The molecule has 102 valence electrons. The zero-order valence-corrected chi connectivity index (χ0v) is 11.1. The van der Waals surface area contributed by atoms with Crippen LogP contribution >= 0.6 is 0 Å². The third kappa shape index (κ3) is 2.10. The fourth-order valence-electron chi connectivity index (χ4n) is 3.10. The average molecular weight is 267 g/mol. The maximum absolute atomic E-state index is 11.4. The number of aryl methyl sites for hydroxylation is 2. The molecule has 3 heteroatoms. The second-order valence-electron chi connectivity index (χ2n) is 5.24. The molecule has 1 aliphatic carbocycles. The zero-order chi connectivity index (χ0) is 14.1. The summed E-state index contributed by atoms with van der Waals surface area (Å²) in [6.45, 7) is 0. The molecule has 0 fully saturated rings. The van der Waals surface area contributed by atoms with Gasteiger partial charge in [0.1, 0.15) is 6.04 Å². The third-order valence-corrected chi connectivity index (χ3v) is 4.09. The van der Waals surface area contributed by atoms with Crippen molar-refractivity contribution in [1.29, 1.82) is 0 Å². The molecule has 0 aromatic heterocycles. The number of carboxylic acids is 1. The molecule has 3 N–H and O–H groups in total. The van der Waals surface area contributed by atoms with Gasteiger partial charge >= 0.3 is 5.97 Å². The lowest BCUT2D eigenvalue weighted by molar-refractivity contribution is -0.138. The van der Waals surface area contributed by atoms with Crippen LogP contribution in [0.15, 0.2) is 48.5 Å². The van der Waals surface area contributed by atoms with Crippen LogP contribution < -0.4 is 5.73 Å². The number of carboxylic acid groups (broad SMARTS) is 1. The standard InChI is InChI=1S/C17H17NO2/c18-16(17(19)20)15-13-7-3-1-5-11(13)9-10-12-6-2-4-8-14(12)15/h1-8,15-16H,9-10,18H2,(H,19,20)/t16-/m1/s1. The van der Waals surface area contributed by atoms with E-state index in [2.05, 4.69) is 12.1 Å². The Morgan fingerprint density at radius 1 is 1.00 bits per heavy atom. The minimum atomic E-state index is -0.957. The van der Waals surface area contributed by atoms with Gasteiger partial charge in [0.2, 0.25) is 0 Å². The molecule has 0 saturated heterocycles. The number of aliphatic carboxylic acids is 1. The average Bonchev–Trinajstić information content (AvgIpc) is 2.63. The zero-order valence-electron chi connectivity index (χ0n) is 11.1. The molecule has 0 bridgehead atoms. The minimum Gasteiger partial charge on any atom is -0.480 e. The van der Waals surface area contributed by atoms with Gasteiger partial charge in [-0.1, -0.05) is 48.5 Å². The van der Waals surface area contributed by atoms with Gasteiger partial charge in [0.25, 0.3) is 0 Å². The normalized spacial score (nSPS) is 15.8. The number of hydrogen-bond acceptors (Lipinski definition) is 2. The Balaban J connectivity index is 2.21. The van der Waals surface area contributed by atoms with Crippen LogP contribution in [0.3, 0.4) is 0 Å². The van der Waals surface area contributed by atoms with Gasteiger partial charge in [0.15, 0.2) is 0 Å². The molecule has 2 aromatic carbocycles. The van der Waals surface area contributed by atoms with E-state index in [4.69, 9.17) is 5.73 Å². The highest BCUT2D eigenvalue weighted by Gasteiger charge is 2.31. The molecule has 0 heterocycles. The van der Waals surface area contributed by atoms with Crippen LogP contribution in [-0.4, -0.2) is 17.1 Å². The van der Waals surface area contributed by atoms with E-state index in [-0.39, 0.29) is 5.92 Å². The lowest BCUT2D eigenvalue weighted by atomic mass is 9.83. The van der Waals surface area contributed by atoms with E-state index in [0.717, 1.165) is 24.0 Å². The maximum atomic E-state index is 11.4. The number of nitrogens with two attached hydrogens (primary N) is 1. The highest BCUT2D eigenvalue weighted by atomic mass is 16.4. The Hall–Kier alpha value is -2.13. The summed E-state index contributed by atoms with van der Waals surface area (Å²) >= 11 is 0. The van der Waals surface area contributed by atoms with Crippen molar-refractivity contribution in [3.63, 3.8) is 0 Å². The summed E-state index contributed by atoms with van der Waals surface area (Å²) in [7, 11) is 0. The summed E-state index contributed by atoms with van der Waals surface area (Å²) in [4.78, 5) is 11.4. The summed E-state index contributed by atoms with van der Waals surface area (Å²) in [6, 6.07) is 15.1. The molecule has 20 heavy (non-hydrogen) atoms. The van der Waals surface area contributed by atoms with Crippen molar-refractivity contribution in [2.24, 2.45) is 5.73 Å². The third-order valence-electron chi connectivity index (χ3n) is 4.09. The molecular formula is C17H17NO2. The quantitative estimate of drug-likeness (QED) is 0.877. The van der Waals surface area contributed by atoms with Crippen LogP contribution in [0.25, 0.3) is 0 Å². The van der Waals surface area contributed by atoms with Crippen molar-refractivity contribution in [2.45, 2.75) is 24.8 Å². The van der Waals surface area contributed by atoms with Crippen molar-refractivity contribution in [3.8, 4) is 0 Å².